The van der Waals surface area contributed by atoms with Crippen molar-refractivity contribution < 1.29 is 72.5 Å². The highest BCUT2D eigenvalue weighted by Gasteiger charge is 2.37. The van der Waals surface area contributed by atoms with Gasteiger partial charge in [-0.3, -0.25) is 57.5 Å². The molecule has 0 spiro atoms. The highest BCUT2D eigenvalue weighted by Crippen LogP contribution is 2.15. The molecule has 0 aliphatic carbocycles. The summed E-state index contributed by atoms with van der Waals surface area (Å²) in [6.07, 6.45) is -1.87. The van der Waals surface area contributed by atoms with Crippen LogP contribution >= 0.6 is 25.3 Å². The molecule has 0 aromatic rings. The van der Waals surface area contributed by atoms with Gasteiger partial charge in [0, 0.05) is 24.3 Å². The molecular formula is C46H81N13O15S2. The number of primary amides is 2. The van der Waals surface area contributed by atoms with E-state index < -0.39 is 182 Å². The van der Waals surface area contributed by atoms with Gasteiger partial charge in [0.2, 0.25) is 65.0 Å². The number of nitrogens with two attached hydrogens (primary N) is 4. The summed E-state index contributed by atoms with van der Waals surface area (Å²) in [5.41, 5.74) is 22.2. The molecule has 11 amide bonds. The largest absolute Gasteiger partial charge is 0.481 e. The summed E-state index contributed by atoms with van der Waals surface area (Å²) in [6.45, 7) is 10.0. The van der Waals surface area contributed by atoms with Gasteiger partial charge in [0.1, 0.15) is 48.3 Å². The molecule has 0 saturated carbocycles. The molecule has 76 heavy (non-hydrogen) atoms. The second-order valence-corrected chi connectivity index (χ2v) is 19.4. The van der Waals surface area contributed by atoms with E-state index in [4.69, 9.17) is 22.9 Å². The number of hydrogen-bond donors (Lipinski definition) is 17. The van der Waals surface area contributed by atoms with Crippen LogP contribution < -0.4 is 70.8 Å². The van der Waals surface area contributed by atoms with E-state index in [2.05, 4.69) is 73.1 Å². The van der Waals surface area contributed by atoms with E-state index in [1.54, 1.807) is 41.5 Å². The second kappa shape index (κ2) is 36.7. The monoisotopic (exact) mass is 1120 g/mol. The normalized spacial score (nSPS) is 15.4. The first-order valence-electron chi connectivity index (χ1n) is 25.0. The molecule has 28 nitrogen and oxygen atoms in total. The summed E-state index contributed by atoms with van der Waals surface area (Å²) in [4.78, 5) is 169. The predicted molar refractivity (Wildman–Crippen MR) is 282 cm³/mol. The average molecular weight is 1120 g/mol. The third-order valence-electron chi connectivity index (χ3n) is 11.9. The summed E-state index contributed by atoms with van der Waals surface area (Å²) >= 11 is 7.84. The Kier molecular flexibility index (Phi) is 33.6. The van der Waals surface area contributed by atoms with Gasteiger partial charge in [-0.2, -0.15) is 25.3 Å². The minimum Gasteiger partial charge on any atom is -0.481 e. The van der Waals surface area contributed by atoms with Gasteiger partial charge in [0.25, 0.3) is 0 Å². The van der Waals surface area contributed by atoms with Crippen molar-refractivity contribution in [3.63, 3.8) is 0 Å². The van der Waals surface area contributed by atoms with Gasteiger partial charge in [0.15, 0.2) is 0 Å². The first-order chi connectivity index (χ1) is 35.6. The standard InChI is InChI=1S/C46H81N13O15S2/c1-7-23(5)36(59-45(72)37(24(6)8-2)58-43(70)29(17-22(3)4)52-34(62)19-51-38(65)25(48)20-75)44(71)55-27(12-14-32(49)60)40(67)53-26(11-9-10-16-47)39(66)56-30(18-33(50)61)42(69)54-28(13-15-35(63)64)41(68)57-31(21-76)46(73)74/h22-31,36-37,75-76H,7-21,47-48H2,1-6H3,(H2,49,60)(H2,50,61)(H,51,65)(H,52,62)(H,53,67)(H,54,69)(H,55,71)(H,56,66)(H,57,68)(H,58,70)(H,59,72)(H,63,64)(H,73,74). The first kappa shape index (κ1) is 69.7. The van der Waals surface area contributed by atoms with Crippen LogP contribution in [0.3, 0.4) is 0 Å². The fourth-order valence-corrected chi connectivity index (χ4v) is 7.44. The van der Waals surface area contributed by atoms with Gasteiger partial charge in [-0.15, -0.1) is 0 Å². The van der Waals surface area contributed by atoms with E-state index in [1.165, 1.54) is 0 Å². The van der Waals surface area contributed by atoms with Crippen molar-refractivity contribution in [3.05, 3.63) is 0 Å². The van der Waals surface area contributed by atoms with Crippen molar-refractivity contribution in [2.75, 3.05) is 24.6 Å². The summed E-state index contributed by atoms with van der Waals surface area (Å²) in [5, 5.41) is 40.6. The Morgan fingerprint density at radius 3 is 1.37 bits per heavy atom. The maximum atomic E-state index is 14.3. The number of rotatable bonds is 39. The van der Waals surface area contributed by atoms with Gasteiger partial charge < -0.3 is 81.0 Å². The highest BCUT2D eigenvalue weighted by atomic mass is 32.1. The van der Waals surface area contributed by atoms with Crippen molar-refractivity contribution in [2.24, 2.45) is 40.7 Å². The van der Waals surface area contributed by atoms with Gasteiger partial charge in [0.05, 0.1) is 19.0 Å². The Morgan fingerprint density at radius 2 is 0.934 bits per heavy atom. The molecule has 432 valence electrons. The van der Waals surface area contributed by atoms with E-state index in [1.807, 2.05) is 0 Å². The number of amides is 11. The van der Waals surface area contributed by atoms with Crippen LogP contribution in [0.5, 0.6) is 0 Å². The molecule has 0 aliphatic heterocycles. The smallest absolute Gasteiger partial charge is 0.327 e. The molecule has 0 aliphatic rings. The van der Waals surface area contributed by atoms with Gasteiger partial charge in [-0.05, 0) is 62.8 Å². The van der Waals surface area contributed by atoms with Crippen LogP contribution in [0.2, 0.25) is 0 Å². The number of carbonyl (C=O) groups excluding carboxylic acids is 11. The van der Waals surface area contributed by atoms with Crippen molar-refractivity contribution in [3.8, 4) is 0 Å². The summed E-state index contributed by atoms with van der Waals surface area (Å²) in [6, 6.07) is -13.0. The second-order valence-electron chi connectivity index (χ2n) is 18.7. The number of carboxylic acids is 2. The number of carbonyl (C=O) groups is 13. The number of carboxylic acid groups (broad SMARTS) is 2. The van der Waals surface area contributed by atoms with Gasteiger partial charge in [-0.1, -0.05) is 54.4 Å². The SMILES string of the molecule is CCC(C)C(NC(=O)C(CC(C)C)NC(=O)CNC(=O)C(N)CS)C(=O)NC(C(=O)NC(CCC(N)=O)C(=O)NC(CCCCN)C(=O)NC(CC(N)=O)C(=O)NC(CCC(=O)O)C(=O)NC(CS)C(=O)O)C(C)CC. The zero-order chi connectivity index (χ0) is 58.4. The Morgan fingerprint density at radius 1 is 0.500 bits per heavy atom. The van der Waals surface area contributed by atoms with Crippen molar-refractivity contribution in [1.29, 1.82) is 0 Å². The topological polar surface area (TPSA) is 475 Å². The molecular weight excluding hydrogens is 1040 g/mol. The molecule has 19 N–H and O–H groups in total. The Bertz CT molecular complexity index is 2020. The number of unbranched alkanes of at least 4 members (excludes halogenated alkanes) is 1. The van der Waals surface area contributed by atoms with Gasteiger partial charge in [-0.25, -0.2) is 4.79 Å². The quantitative estimate of drug-likeness (QED) is 0.0204. The molecule has 0 bridgehead atoms. The molecule has 0 saturated heterocycles. The molecule has 30 heteroatoms. The molecule has 0 rings (SSSR count). The fraction of sp³-hybridized carbons (Fsp3) is 0.717. The summed E-state index contributed by atoms with van der Waals surface area (Å²) < 4.78 is 0. The van der Waals surface area contributed by atoms with E-state index in [9.17, 15) is 72.5 Å². The molecule has 0 fully saturated rings. The molecule has 11 unspecified atom stereocenters. The van der Waals surface area contributed by atoms with Crippen LogP contribution in [-0.2, 0) is 62.3 Å². The van der Waals surface area contributed by atoms with Crippen LogP contribution in [0.15, 0.2) is 0 Å². The van der Waals surface area contributed by atoms with E-state index in [0.29, 0.717) is 19.3 Å². The van der Waals surface area contributed by atoms with E-state index in [-0.39, 0.29) is 43.2 Å². The Hall–Kier alpha value is -6.27. The van der Waals surface area contributed by atoms with Gasteiger partial charge >= 0.3 is 11.9 Å². The van der Waals surface area contributed by atoms with Crippen LogP contribution in [0, 0.1) is 17.8 Å². The van der Waals surface area contributed by atoms with Crippen LogP contribution in [0.25, 0.3) is 0 Å². The van der Waals surface area contributed by atoms with Crippen LogP contribution in [-0.4, -0.2) is 166 Å². The lowest BCUT2D eigenvalue weighted by atomic mass is 9.94. The molecule has 0 radical (unpaired) electrons. The maximum absolute atomic E-state index is 14.3. The zero-order valence-corrected chi connectivity index (χ0v) is 45.7. The lowest BCUT2D eigenvalue weighted by molar-refractivity contribution is -0.142. The minimum atomic E-state index is -1.85. The number of hydrogen-bond acceptors (Lipinski definition) is 17. The molecule has 0 aromatic heterocycles. The maximum Gasteiger partial charge on any atom is 0.327 e. The van der Waals surface area contributed by atoms with Crippen molar-refractivity contribution in [1.82, 2.24) is 47.9 Å². The molecule has 0 heterocycles. The molecule has 0 aromatic carbocycles. The van der Waals surface area contributed by atoms with Crippen molar-refractivity contribution >= 4 is 102 Å². The van der Waals surface area contributed by atoms with Crippen LogP contribution in [0.1, 0.15) is 112 Å². The van der Waals surface area contributed by atoms with Crippen LogP contribution in [0.4, 0.5) is 0 Å². The fourth-order valence-electron chi connectivity index (χ4n) is 7.03. The van der Waals surface area contributed by atoms with Crippen molar-refractivity contribution in [2.45, 2.75) is 167 Å². The number of aliphatic carboxylic acids is 2. The first-order valence-corrected chi connectivity index (χ1v) is 26.2. The number of nitrogens with one attached hydrogen (secondary N) is 9. The van der Waals surface area contributed by atoms with E-state index >= 15 is 0 Å². The third-order valence-corrected chi connectivity index (χ3v) is 12.7. The molecule has 11 atom stereocenters. The highest BCUT2D eigenvalue weighted by molar-refractivity contribution is 7.80. The average Bonchev–Trinajstić information content (AvgIpc) is 3.35. The minimum absolute atomic E-state index is 0.0213. The zero-order valence-electron chi connectivity index (χ0n) is 43.9. The number of thiol groups is 2. The lowest BCUT2D eigenvalue weighted by Gasteiger charge is -2.31. The van der Waals surface area contributed by atoms with E-state index in [0.717, 1.165) is 0 Å². The summed E-state index contributed by atoms with van der Waals surface area (Å²) in [5.74, 6) is -14.8. The third kappa shape index (κ3) is 27.0. The Balaban J connectivity index is 6.83. The summed E-state index contributed by atoms with van der Waals surface area (Å²) in [7, 11) is 0. The Labute approximate surface area is 452 Å². The lowest BCUT2D eigenvalue weighted by Crippen LogP contribution is -2.62. The predicted octanol–water partition coefficient (Wildman–Crippen LogP) is -4.47.